The van der Waals surface area contributed by atoms with Crippen molar-refractivity contribution in [2.75, 3.05) is 33.0 Å². The fourth-order valence-corrected chi connectivity index (χ4v) is 4.82. The van der Waals surface area contributed by atoms with E-state index in [2.05, 4.69) is 6.58 Å². The summed E-state index contributed by atoms with van der Waals surface area (Å²) in [6.45, 7) is 11.5. The maximum atomic E-state index is 10.7. The predicted octanol–water partition coefficient (Wildman–Crippen LogP) is 2.24. The minimum atomic E-state index is -1.52. The molecule has 0 amide bonds. The van der Waals surface area contributed by atoms with Crippen molar-refractivity contribution in [2.24, 2.45) is 0 Å². The second kappa shape index (κ2) is 13.5. The van der Waals surface area contributed by atoms with E-state index < -0.39 is 30.7 Å². The molecule has 2 aliphatic heterocycles. The summed E-state index contributed by atoms with van der Waals surface area (Å²) in [5.74, 6) is 1.15. The molecule has 3 heterocycles. The third-order valence-corrected chi connectivity index (χ3v) is 7.00. The molecule has 11 nitrogen and oxygen atoms in total. The van der Waals surface area contributed by atoms with Gasteiger partial charge in [-0.1, -0.05) is 12.1 Å². The Bertz CT molecular complexity index is 1070. The molecule has 0 unspecified atom stereocenters. The lowest BCUT2D eigenvalue weighted by Crippen LogP contribution is -2.60. The molecule has 216 valence electrons. The van der Waals surface area contributed by atoms with Gasteiger partial charge in [-0.25, -0.2) is 0 Å². The molecule has 2 fully saturated rings. The zero-order valence-corrected chi connectivity index (χ0v) is 22.8. The summed E-state index contributed by atoms with van der Waals surface area (Å²) in [5, 5.41) is 36.5. The molecule has 2 aromatic rings. The van der Waals surface area contributed by atoms with Gasteiger partial charge in [-0.2, -0.15) is 0 Å². The molecule has 4 rings (SSSR count). The lowest BCUT2D eigenvalue weighted by molar-refractivity contribution is -0.280. The van der Waals surface area contributed by atoms with Crippen molar-refractivity contribution in [1.29, 1.82) is 0 Å². The fourth-order valence-electron chi connectivity index (χ4n) is 4.82. The first kappa shape index (κ1) is 29.2. The van der Waals surface area contributed by atoms with Crippen LogP contribution < -0.4 is 9.47 Å². The molecule has 1 aromatic heterocycles. The highest BCUT2D eigenvalue weighted by Crippen LogP contribution is 2.33. The zero-order valence-electron chi connectivity index (χ0n) is 22.8. The van der Waals surface area contributed by atoms with E-state index in [0.29, 0.717) is 38.7 Å². The minimum Gasteiger partial charge on any atom is -0.494 e. The van der Waals surface area contributed by atoms with Crippen molar-refractivity contribution < 1.29 is 43.7 Å². The minimum absolute atomic E-state index is 0.0647. The SMILES string of the molecule is C=C(OCC)OC[C@H]1O[C@@H](Oc2nn(C3CCOCC3)c(C)c2Cc2ccc(OCC)cc2)[C@H](O)[C@@H](O)[C@@H]1O. The molecule has 0 bridgehead atoms. The molecular formula is C28H40N2O9. The Morgan fingerprint density at radius 3 is 2.41 bits per heavy atom. The van der Waals surface area contributed by atoms with Crippen LogP contribution in [0.15, 0.2) is 36.8 Å². The number of nitrogens with zero attached hydrogens (tertiary/aromatic N) is 2. The number of hydrogen-bond acceptors (Lipinski definition) is 10. The Kier molecular flexibility index (Phi) is 10.1. The predicted molar refractivity (Wildman–Crippen MR) is 140 cm³/mol. The first-order chi connectivity index (χ1) is 18.8. The quantitative estimate of drug-likeness (QED) is 0.339. The molecule has 2 aliphatic rings. The molecule has 0 saturated carbocycles. The third kappa shape index (κ3) is 7.03. The van der Waals surface area contributed by atoms with Crippen LogP contribution in [-0.4, -0.2) is 88.8 Å². The largest absolute Gasteiger partial charge is 0.494 e. The van der Waals surface area contributed by atoms with E-state index in [1.165, 1.54) is 0 Å². The highest BCUT2D eigenvalue weighted by atomic mass is 16.7. The molecular weight excluding hydrogens is 508 g/mol. The van der Waals surface area contributed by atoms with Crippen LogP contribution in [0.1, 0.15) is 49.6 Å². The normalized spacial score (nSPS) is 25.7. The highest BCUT2D eigenvalue weighted by Gasteiger charge is 2.46. The smallest absolute Gasteiger partial charge is 0.271 e. The van der Waals surface area contributed by atoms with Crippen molar-refractivity contribution >= 4 is 0 Å². The Labute approximate surface area is 228 Å². The van der Waals surface area contributed by atoms with E-state index in [0.717, 1.165) is 35.4 Å². The van der Waals surface area contributed by atoms with E-state index in [-0.39, 0.29) is 18.6 Å². The van der Waals surface area contributed by atoms with E-state index in [1.807, 2.05) is 42.8 Å². The summed E-state index contributed by atoms with van der Waals surface area (Å²) < 4.78 is 35.7. The summed E-state index contributed by atoms with van der Waals surface area (Å²) in [5.41, 5.74) is 2.79. The van der Waals surface area contributed by atoms with Gasteiger partial charge in [0.15, 0.2) is 0 Å². The maximum Gasteiger partial charge on any atom is 0.271 e. The second-order valence-electron chi connectivity index (χ2n) is 9.66. The second-order valence-corrected chi connectivity index (χ2v) is 9.66. The monoisotopic (exact) mass is 548 g/mol. The van der Waals surface area contributed by atoms with Gasteiger partial charge >= 0.3 is 0 Å². The van der Waals surface area contributed by atoms with Crippen LogP contribution in [0.4, 0.5) is 0 Å². The number of ether oxygens (including phenoxy) is 6. The van der Waals surface area contributed by atoms with Crippen LogP contribution in [0.25, 0.3) is 0 Å². The van der Waals surface area contributed by atoms with Crippen molar-refractivity contribution in [3.63, 3.8) is 0 Å². The molecule has 39 heavy (non-hydrogen) atoms. The van der Waals surface area contributed by atoms with Crippen LogP contribution in [0.2, 0.25) is 0 Å². The average Bonchev–Trinajstić information content (AvgIpc) is 3.24. The first-order valence-electron chi connectivity index (χ1n) is 13.5. The lowest BCUT2D eigenvalue weighted by Gasteiger charge is -2.39. The highest BCUT2D eigenvalue weighted by molar-refractivity contribution is 5.38. The summed E-state index contributed by atoms with van der Waals surface area (Å²) in [6.07, 6.45) is -4.58. The van der Waals surface area contributed by atoms with E-state index in [4.69, 9.17) is 33.5 Å². The maximum absolute atomic E-state index is 10.7. The lowest BCUT2D eigenvalue weighted by atomic mass is 9.99. The van der Waals surface area contributed by atoms with Crippen LogP contribution in [0.3, 0.4) is 0 Å². The number of aliphatic hydroxyl groups excluding tert-OH is 3. The average molecular weight is 549 g/mol. The van der Waals surface area contributed by atoms with E-state index in [1.54, 1.807) is 6.92 Å². The number of hydrogen-bond donors (Lipinski definition) is 3. The van der Waals surface area contributed by atoms with Crippen molar-refractivity contribution in [1.82, 2.24) is 9.78 Å². The van der Waals surface area contributed by atoms with Crippen LogP contribution in [-0.2, 0) is 25.4 Å². The number of benzene rings is 1. The van der Waals surface area contributed by atoms with Gasteiger partial charge in [0.1, 0.15) is 36.8 Å². The van der Waals surface area contributed by atoms with Gasteiger partial charge < -0.3 is 43.7 Å². The summed E-state index contributed by atoms with van der Waals surface area (Å²) in [4.78, 5) is 0. The molecule has 0 spiro atoms. The van der Waals surface area contributed by atoms with Crippen molar-refractivity contribution in [2.45, 2.75) is 76.8 Å². The summed E-state index contributed by atoms with van der Waals surface area (Å²) >= 11 is 0. The van der Waals surface area contributed by atoms with Gasteiger partial charge in [-0.3, -0.25) is 4.68 Å². The molecule has 5 atom stereocenters. The van der Waals surface area contributed by atoms with Crippen LogP contribution >= 0.6 is 0 Å². The van der Waals surface area contributed by atoms with E-state index in [9.17, 15) is 15.3 Å². The first-order valence-corrected chi connectivity index (χ1v) is 13.5. The van der Waals surface area contributed by atoms with E-state index >= 15 is 0 Å². The number of rotatable bonds is 12. The molecule has 11 heteroatoms. The fraction of sp³-hybridized carbons (Fsp3) is 0.607. The molecule has 2 saturated heterocycles. The Morgan fingerprint density at radius 1 is 1.03 bits per heavy atom. The summed E-state index contributed by atoms with van der Waals surface area (Å²) in [7, 11) is 0. The zero-order chi connectivity index (χ0) is 27.9. The van der Waals surface area contributed by atoms with Gasteiger partial charge in [0.2, 0.25) is 12.2 Å². The van der Waals surface area contributed by atoms with Crippen LogP contribution in [0.5, 0.6) is 11.6 Å². The third-order valence-electron chi connectivity index (χ3n) is 7.00. The number of aliphatic hydroxyl groups is 3. The molecule has 1 aromatic carbocycles. The standard InChI is InChI=1S/C28H40N2O9/c1-5-35-18(4)37-16-23-24(31)25(32)26(33)28(38-23)39-27-22(15-19-7-9-21(10-8-19)36-6-2)17(3)30(29-27)20-11-13-34-14-12-20/h7-10,20,23-26,28,31-33H,4-6,11-16H2,1-3H3/t23-,24-,25+,26-,28+/m1/s1. The summed E-state index contributed by atoms with van der Waals surface area (Å²) in [6, 6.07) is 7.97. The Morgan fingerprint density at radius 2 is 1.74 bits per heavy atom. The van der Waals surface area contributed by atoms with Gasteiger partial charge in [0.25, 0.3) is 5.95 Å². The Hall–Kier alpha value is -2.83. The molecule has 3 N–H and O–H groups in total. The number of aromatic nitrogens is 2. The van der Waals surface area contributed by atoms with Crippen LogP contribution in [0, 0.1) is 6.92 Å². The van der Waals surface area contributed by atoms with Gasteiger partial charge in [-0.15, -0.1) is 5.10 Å². The van der Waals surface area contributed by atoms with Gasteiger partial charge in [0, 0.05) is 30.9 Å². The topological polar surface area (TPSA) is 134 Å². The van der Waals surface area contributed by atoms with Gasteiger partial charge in [0.05, 0.1) is 19.3 Å². The van der Waals surface area contributed by atoms with Crippen molar-refractivity contribution in [3.05, 3.63) is 53.6 Å². The Balaban J connectivity index is 1.58. The molecule has 0 radical (unpaired) electrons. The van der Waals surface area contributed by atoms with Gasteiger partial charge in [-0.05, 0) is 57.9 Å². The molecule has 0 aliphatic carbocycles. The van der Waals surface area contributed by atoms with Crippen molar-refractivity contribution in [3.8, 4) is 11.6 Å².